The maximum atomic E-state index is 12.7. The highest BCUT2D eigenvalue weighted by Gasteiger charge is 2.35. The highest BCUT2D eigenvalue weighted by Crippen LogP contribution is 2.24. The van der Waals surface area contributed by atoms with Crippen LogP contribution in [-0.4, -0.2) is 34.6 Å². The number of nitrogens with zero attached hydrogens (tertiary/aromatic N) is 1. The van der Waals surface area contributed by atoms with Crippen molar-refractivity contribution in [3.05, 3.63) is 64.2 Å². The van der Waals surface area contributed by atoms with E-state index in [0.717, 1.165) is 22.4 Å². The normalized spacial score (nSPS) is 20.3. The Morgan fingerprint density at radius 1 is 1.31 bits per heavy atom. The number of halogens is 1. The lowest BCUT2D eigenvalue weighted by atomic mass is 10.1. The van der Waals surface area contributed by atoms with E-state index < -0.39 is 6.10 Å². The van der Waals surface area contributed by atoms with Gasteiger partial charge in [-0.2, -0.15) is 0 Å². The Morgan fingerprint density at radius 2 is 2.04 bits per heavy atom. The summed E-state index contributed by atoms with van der Waals surface area (Å²) in [5.41, 5.74) is 9.81. The summed E-state index contributed by atoms with van der Waals surface area (Å²) in [6.45, 7) is 3.49. The number of β-amino-alcohol motifs (C(OH)–C–C–N with tert-alkyl or cyclic N) is 1. The maximum absolute atomic E-state index is 12.7. The van der Waals surface area contributed by atoms with Gasteiger partial charge in [-0.05, 0) is 48.2 Å². The third kappa shape index (κ3) is 4.36. The van der Waals surface area contributed by atoms with E-state index in [1.807, 2.05) is 42.2 Å². The average molecular weight is 374 g/mol. The number of hydrogen-bond acceptors (Lipinski definition) is 4. The Labute approximate surface area is 158 Å². The van der Waals surface area contributed by atoms with Crippen LogP contribution < -0.4 is 11.1 Å². The van der Waals surface area contributed by atoms with Crippen molar-refractivity contribution in [3.63, 3.8) is 0 Å². The molecule has 0 aliphatic carbocycles. The molecule has 0 saturated carbocycles. The fourth-order valence-corrected chi connectivity index (χ4v) is 3.46. The minimum absolute atomic E-state index is 0.0712. The van der Waals surface area contributed by atoms with Gasteiger partial charge in [-0.15, -0.1) is 0 Å². The number of anilines is 1. The molecule has 0 aromatic heterocycles. The Hall–Kier alpha value is -2.08. The Bertz CT molecular complexity index is 779. The van der Waals surface area contributed by atoms with E-state index in [1.165, 1.54) is 0 Å². The third-order valence-electron chi connectivity index (χ3n) is 4.93. The van der Waals surface area contributed by atoms with E-state index in [1.54, 1.807) is 12.1 Å². The van der Waals surface area contributed by atoms with Crippen LogP contribution in [0.2, 0.25) is 5.02 Å². The molecule has 138 valence electrons. The fourth-order valence-electron chi connectivity index (χ4n) is 3.33. The highest BCUT2D eigenvalue weighted by molar-refractivity contribution is 6.30. The van der Waals surface area contributed by atoms with Crippen LogP contribution in [0.1, 0.15) is 23.1 Å². The zero-order chi connectivity index (χ0) is 18.7. The number of aliphatic hydroxyl groups is 1. The molecule has 1 saturated heterocycles. The molecular formula is C20H24ClN3O2. The number of carbonyl (C=O) groups is 1. The molecule has 0 radical (unpaired) electrons. The highest BCUT2D eigenvalue weighted by atomic mass is 35.5. The summed E-state index contributed by atoms with van der Waals surface area (Å²) in [4.78, 5) is 14.7. The van der Waals surface area contributed by atoms with Gasteiger partial charge >= 0.3 is 0 Å². The van der Waals surface area contributed by atoms with Crippen LogP contribution in [-0.2, 0) is 17.9 Å². The lowest BCUT2D eigenvalue weighted by Crippen LogP contribution is -2.42. The van der Waals surface area contributed by atoms with Crippen molar-refractivity contribution in [1.82, 2.24) is 10.2 Å². The first-order valence-corrected chi connectivity index (χ1v) is 9.10. The SMILES string of the molecule is Cc1c(N)cccc1CN1C[C@H](O)C[C@H]1C(=O)NCc1ccc(Cl)cc1. The molecule has 6 heteroatoms. The van der Waals surface area contributed by atoms with Crippen molar-refractivity contribution in [3.8, 4) is 0 Å². The molecule has 1 fully saturated rings. The summed E-state index contributed by atoms with van der Waals surface area (Å²) in [6, 6.07) is 12.8. The molecule has 4 N–H and O–H groups in total. The monoisotopic (exact) mass is 373 g/mol. The number of nitrogens with one attached hydrogen (secondary N) is 1. The average Bonchev–Trinajstić information content (AvgIpc) is 2.99. The first-order valence-electron chi connectivity index (χ1n) is 8.72. The number of nitrogen functional groups attached to an aromatic ring is 1. The number of nitrogens with two attached hydrogens (primary N) is 1. The molecule has 1 amide bonds. The number of likely N-dealkylation sites (tertiary alicyclic amines) is 1. The number of rotatable bonds is 5. The van der Waals surface area contributed by atoms with Crippen LogP contribution in [0.15, 0.2) is 42.5 Å². The predicted octanol–water partition coefficient (Wildman–Crippen LogP) is 2.48. The molecule has 1 heterocycles. The molecule has 5 nitrogen and oxygen atoms in total. The van der Waals surface area contributed by atoms with Gasteiger partial charge in [0.1, 0.15) is 0 Å². The van der Waals surface area contributed by atoms with Gasteiger partial charge in [0, 0.05) is 30.3 Å². The Morgan fingerprint density at radius 3 is 2.77 bits per heavy atom. The summed E-state index contributed by atoms with van der Waals surface area (Å²) in [5.74, 6) is -0.0712. The van der Waals surface area contributed by atoms with Gasteiger partial charge in [-0.25, -0.2) is 0 Å². The first kappa shape index (κ1) is 18.7. The van der Waals surface area contributed by atoms with E-state index in [0.29, 0.717) is 31.1 Å². The lowest BCUT2D eigenvalue weighted by Gasteiger charge is -2.24. The van der Waals surface area contributed by atoms with Gasteiger partial charge in [0.05, 0.1) is 12.1 Å². The van der Waals surface area contributed by atoms with Gasteiger partial charge in [0.2, 0.25) is 5.91 Å². The minimum Gasteiger partial charge on any atom is -0.399 e. The van der Waals surface area contributed by atoms with Crippen LogP contribution in [0, 0.1) is 6.92 Å². The number of carbonyl (C=O) groups excluding carboxylic acids is 1. The summed E-state index contributed by atoms with van der Waals surface area (Å²) in [6.07, 6.45) is -0.0592. The standard InChI is InChI=1S/C20H24ClN3O2/c1-13-15(3-2-4-18(13)22)11-24-12-17(25)9-19(24)20(26)23-10-14-5-7-16(21)8-6-14/h2-8,17,19,25H,9-12,22H2,1H3,(H,23,26)/t17-,19+/m1/s1. The Kier molecular flexibility index (Phi) is 5.81. The van der Waals surface area contributed by atoms with Crippen LogP contribution >= 0.6 is 11.6 Å². The lowest BCUT2D eigenvalue weighted by molar-refractivity contribution is -0.125. The number of aliphatic hydroxyl groups excluding tert-OH is 1. The molecule has 26 heavy (non-hydrogen) atoms. The molecule has 1 aliphatic rings. The molecule has 2 atom stereocenters. The second-order valence-corrected chi connectivity index (χ2v) is 7.25. The van der Waals surface area contributed by atoms with Crippen molar-refractivity contribution in [2.45, 2.75) is 38.6 Å². The van der Waals surface area contributed by atoms with Crippen LogP contribution in [0.3, 0.4) is 0 Å². The van der Waals surface area contributed by atoms with E-state index in [9.17, 15) is 9.90 Å². The van der Waals surface area contributed by atoms with Crippen molar-refractivity contribution in [2.24, 2.45) is 0 Å². The molecule has 0 spiro atoms. The molecule has 2 aromatic carbocycles. The summed E-state index contributed by atoms with van der Waals surface area (Å²) >= 11 is 5.88. The van der Waals surface area contributed by atoms with Crippen molar-refractivity contribution < 1.29 is 9.90 Å². The molecule has 1 aliphatic heterocycles. The zero-order valence-electron chi connectivity index (χ0n) is 14.8. The van der Waals surface area contributed by atoms with Crippen LogP contribution in [0.25, 0.3) is 0 Å². The Balaban J connectivity index is 1.65. The van der Waals surface area contributed by atoms with Crippen molar-refractivity contribution in [1.29, 1.82) is 0 Å². The van der Waals surface area contributed by atoms with Gasteiger partial charge < -0.3 is 16.2 Å². The van der Waals surface area contributed by atoms with Gasteiger partial charge in [-0.3, -0.25) is 9.69 Å². The largest absolute Gasteiger partial charge is 0.399 e. The van der Waals surface area contributed by atoms with E-state index in [4.69, 9.17) is 17.3 Å². The van der Waals surface area contributed by atoms with E-state index in [2.05, 4.69) is 5.32 Å². The fraction of sp³-hybridized carbons (Fsp3) is 0.350. The second-order valence-electron chi connectivity index (χ2n) is 6.81. The van der Waals surface area contributed by atoms with E-state index in [-0.39, 0.29) is 11.9 Å². The van der Waals surface area contributed by atoms with Crippen molar-refractivity contribution >= 4 is 23.2 Å². The topological polar surface area (TPSA) is 78.6 Å². The minimum atomic E-state index is -0.498. The maximum Gasteiger partial charge on any atom is 0.237 e. The molecule has 0 bridgehead atoms. The van der Waals surface area contributed by atoms with Gasteiger partial charge in [0.25, 0.3) is 0 Å². The van der Waals surface area contributed by atoms with Gasteiger partial charge in [-0.1, -0.05) is 35.9 Å². The van der Waals surface area contributed by atoms with Gasteiger partial charge in [0.15, 0.2) is 0 Å². The summed E-state index contributed by atoms with van der Waals surface area (Å²) < 4.78 is 0. The second kappa shape index (κ2) is 8.08. The van der Waals surface area contributed by atoms with Crippen LogP contribution in [0.4, 0.5) is 5.69 Å². The summed E-state index contributed by atoms with van der Waals surface area (Å²) in [5, 5.41) is 13.7. The third-order valence-corrected chi connectivity index (χ3v) is 5.18. The first-order chi connectivity index (χ1) is 12.4. The quantitative estimate of drug-likeness (QED) is 0.703. The molecular weight excluding hydrogens is 350 g/mol. The smallest absolute Gasteiger partial charge is 0.237 e. The number of hydrogen-bond donors (Lipinski definition) is 3. The predicted molar refractivity (Wildman–Crippen MR) is 104 cm³/mol. The van der Waals surface area contributed by atoms with Crippen molar-refractivity contribution in [2.75, 3.05) is 12.3 Å². The zero-order valence-corrected chi connectivity index (χ0v) is 15.5. The number of benzene rings is 2. The molecule has 3 rings (SSSR count). The molecule has 2 aromatic rings. The summed E-state index contributed by atoms with van der Waals surface area (Å²) in [7, 11) is 0. The van der Waals surface area contributed by atoms with E-state index >= 15 is 0 Å². The molecule has 0 unspecified atom stereocenters. The number of amides is 1. The van der Waals surface area contributed by atoms with Crippen LogP contribution in [0.5, 0.6) is 0 Å².